The predicted molar refractivity (Wildman–Crippen MR) is 53.0 cm³/mol. The van der Waals surface area contributed by atoms with Crippen molar-refractivity contribution in [2.24, 2.45) is 5.84 Å². The molecule has 2 saturated heterocycles. The second kappa shape index (κ2) is 3.29. The zero-order valence-electron chi connectivity index (χ0n) is 7.53. The van der Waals surface area contributed by atoms with Gasteiger partial charge in [0.25, 0.3) is 5.91 Å². The predicted octanol–water partition coefficient (Wildman–Crippen LogP) is -0.794. The number of carbonyl (C=O) groups excluding carboxylic acids is 2. The fraction of sp³-hybridized carbons (Fsp3) is 0.500. The van der Waals surface area contributed by atoms with E-state index in [1.165, 1.54) is 0 Å². The Morgan fingerprint density at radius 2 is 2.43 bits per heavy atom. The zero-order valence-corrected chi connectivity index (χ0v) is 8.34. The van der Waals surface area contributed by atoms with Crippen molar-refractivity contribution in [1.82, 2.24) is 10.3 Å². The van der Waals surface area contributed by atoms with Gasteiger partial charge in [-0.15, -0.1) is 11.8 Å². The molecule has 0 bridgehead atoms. The summed E-state index contributed by atoms with van der Waals surface area (Å²) in [5.41, 5.74) is 2.81. The zero-order chi connectivity index (χ0) is 10.3. The van der Waals surface area contributed by atoms with E-state index in [1.54, 1.807) is 16.7 Å². The number of nitrogens with two attached hydrogens (primary N) is 1. The van der Waals surface area contributed by atoms with Gasteiger partial charge in [0.05, 0.1) is 11.8 Å². The Labute approximate surface area is 85.7 Å². The molecule has 0 saturated carbocycles. The Morgan fingerprint density at radius 1 is 1.71 bits per heavy atom. The molecule has 2 fully saturated rings. The summed E-state index contributed by atoms with van der Waals surface area (Å²) in [6, 6.07) is -0.563. The van der Waals surface area contributed by atoms with Crippen LogP contribution in [0.25, 0.3) is 0 Å². The SMILES string of the molecule is C=C1CS[C@@H]2CC(=O)N2C1C(=O)NN. The molecule has 2 heterocycles. The maximum absolute atomic E-state index is 11.4. The molecule has 14 heavy (non-hydrogen) atoms. The van der Waals surface area contributed by atoms with Crippen molar-refractivity contribution < 1.29 is 9.59 Å². The Balaban J connectivity index is 2.21. The van der Waals surface area contributed by atoms with E-state index >= 15 is 0 Å². The lowest BCUT2D eigenvalue weighted by molar-refractivity contribution is -0.149. The fourth-order valence-electron chi connectivity index (χ4n) is 1.72. The van der Waals surface area contributed by atoms with E-state index in [4.69, 9.17) is 5.84 Å². The minimum absolute atomic E-state index is 0.00282. The summed E-state index contributed by atoms with van der Waals surface area (Å²) >= 11 is 1.64. The van der Waals surface area contributed by atoms with Crippen LogP contribution in [0.3, 0.4) is 0 Å². The van der Waals surface area contributed by atoms with Crippen LogP contribution < -0.4 is 11.3 Å². The molecule has 0 spiro atoms. The maximum atomic E-state index is 11.4. The lowest BCUT2D eigenvalue weighted by atomic mass is 10.0. The average Bonchev–Trinajstić information content (AvgIpc) is 2.17. The molecule has 2 atom stereocenters. The third-order valence-corrected chi connectivity index (χ3v) is 3.78. The van der Waals surface area contributed by atoms with E-state index in [9.17, 15) is 9.59 Å². The largest absolute Gasteiger partial charge is 0.314 e. The van der Waals surface area contributed by atoms with Crippen molar-refractivity contribution in [3.05, 3.63) is 12.2 Å². The first-order chi connectivity index (χ1) is 6.65. The monoisotopic (exact) mass is 213 g/mol. The van der Waals surface area contributed by atoms with Crippen LogP contribution in [0.1, 0.15) is 6.42 Å². The molecule has 0 aliphatic carbocycles. The number of carbonyl (C=O) groups is 2. The van der Waals surface area contributed by atoms with Gasteiger partial charge in [-0.25, -0.2) is 5.84 Å². The highest BCUT2D eigenvalue weighted by Gasteiger charge is 2.47. The van der Waals surface area contributed by atoms with E-state index in [1.807, 2.05) is 0 Å². The minimum atomic E-state index is -0.563. The van der Waals surface area contributed by atoms with Crippen molar-refractivity contribution >= 4 is 23.6 Å². The number of thioether (sulfide) groups is 1. The number of amides is 2. The fourth-order valence-corrected chi connectivity index (χ4v) is 2.94. The number of fused-ring (bicyclic) bond motifs is 1. The summed E-state index contributed by atoms with van der Waals surface area (Å²) in [6.07, 6.45) is 0.520. The molecule has 0 radical (unpaired) electrons. The van der Waals surface area contributed by atoms with Gasteiger partial charge in [0.2, 0.25) is 5.91 Å². The van der Waals surface area contributed by atoms with E-state index in [0.717, 1.165) is 5.57 Å². The molecule has 2 rings (SSSR count). The Kier molecular flexibility index (Phi) is 2.24. The molecule has 5 nitrogen and oxygen atoms in total. The van der Waals surface area contributed by atoms with Crippen molar-refractivity contribution in [3.8, 4) is 0 Å². The van der Waals surface area contributed by atoms with Crippen molar-refractivity contribution in [3.63, 3.8) is 0 Å². The smallest absolute Gasteiger partial charge is 0.261 e. The van der Waals surface area contributed by atoms with Gasteiger partial charge in [-0.3, -0.25) is 15.0 Å². The van der Waals surface area contributed by atoms with Gasteiger partial charge in [0.15, 0.2) is 0 Å². The van der Waals surface area contributed by atoms with Gasteiger partial charge in [0, 0.05) is 5.75 Å². The number of β-lactam (4-membered cyclic amide) rings is 1. The molecule has 2 aliphatic heterocycles. The lowest BCUT2D eigenvalue weighted by Crippen LogP contribution is -2.63. The molecule has 76 valence electrons. The van der Waals surface area contributed by atoms with Crippen LogP contribution in [0.2, 0.25) is 0 Å². The minimum Gasteiger partial charge on any atom is -0.314 e. The van der Waals surface area contributed by atoms with E-state index < -0.39 is 6.04 Å². The number of nitrogens with zero attached hydrogens (tertiary/aromatic N) is 1. The molecule has 6 heteroatoms. The van der Waals surface area contributed by atoms with Gasteiger partial charge in [-0.1, -0.05) is 6.58 Å². The summed E-state index contributed by atoms with van der Waals surface area (Å²) in [5.74, 6) is 5.42. The van der Waals surface area contributed by atoms with Gasteiger partial charge in [-0.2, -0.15) is 0 Å². The van der Waals surface area contributed by atoms with E-state index in [-0.39, 0.29) is 17.2 Å². The molecular weight excluding hydrogens is 202 g/mol. The van der Waals surface area contributed by atoms with Crippen molar-refractivity contribution in [1.29, 1.82) is 0 Å². The molecule has 1 unspecified atom stereocenters. The molecule has 0 aromatic rings. The highest BCUT2D eigenvalue weighted by atomic mass is 32.2. The summed E-state index contributed by atoms with van der Waals surface area (Å²) < 4.78 is 0. The van der Waals surface area contributed by atoms with Crippen LogP contribution in [-0.2, 0) is 9.59 Å². The first-order valence-corrected chi connectivity index (χ1v) is 5.31. The van der Waals surface area contributed by atoms with Gasteiger partial charge >= 0.3 is 0 Å². The summed E-state index contributed by atoms with van der Waals surface area (Å²) in [5, 5.41) is 0.135. The molecule has 3 N–H and O–H groups in total. The number of rotatable bonds is 1. The molecule has 2 aliphatic rings. The lowest BCUT2D eigenvalue weighted by Gasteiger charge is -2.48. The van der Waals surface area contributed by atoms with Crippen LogP contribution in [0, 0.1) is 0 Å². The quantitative estimate of drug-likeness (QED) is 0.197. The molecule has 2 amide bonds. The Hall–Kier alpha value is -1.01. The van der Waals surface area contributed by atoms with Gasteiger partial charge in [0.1, 0.15) is 6.04 Å². The van der Waals surface area contributed by atoms with Crippen LogP contribution in [0.15, 0.2) is 12.2 Å². The summed E-state index contributed by atoms with van der Waals surface area (Å²) in [4.78, 5) is 24.3. The number of hydrogen-bond acceptors (Lipinski definition) is 4. The summed E-state index contributed by atoms with van der Waals surface area (Å²) in [7, 11) is 0. The average molecular weight is 213 g/mol. The molecule has 0 aromatic carbocycles. The van der Waals surface area contributed by atoms with Crippen LogP contribution >= 0.6 is 11.8 Å². The highest BCUT2D eigenvalue weighted by Crippen LogP contribution is 2.39. The first-order valence-electron chi connectivity index (χ1n) is 4.26. The maximum Gasteiger partial charge on any atom is 0.261 e. The number of nitrogens with one attached hydrogen (secondary N) is 1. The van der Waals surface area contributed by atoms with Crippen LogP contribution in [0.4, 0.5) is 0 Å². The normalized spacial score (nSPS) is 30.8. The first kappa shape index (κ1) is 9.54. The Bertz CT molecular complexity index is 310. The van der Waals surface area contributed by atoms with Gasteiger partial charge < -0.3 is 4.90 Å². The number of hydrazine groups is 1. The van der Waals surface area contributed by atoms with Crippen molar-refractivity contribution in [2.75, 3.05) is 5.75 Å². The molecular formula is C8H11N3O2S. The van der Waals surface area contributed by atoms with E-state index in [0.29, 0.717) is 12.2 Å². The standard InChI is InChI=1S/C8H11N3O2S/c1-4-3-14-6-2-5(12)11(6)7(4)8(13)10-9/h6-7H,1-3,9H2,(H,10,13)/t6-,7?/m1/s1. The van der Waals surface area contributed by atoms with Crippen molar-refractivity contribution in [2.45, 2.75) is 17.8 Å². The number of hydrogen-bond donors (Lipinski definition) is 2. The summed E-state index contributed by atoms with van der Waals surface area (Å²) in [6.45, 7) is 3.79. The Morgan fingerprint density at radius 3 is 3.00 bits per heavy atom. The second-order valence-corrected chi connectivity index (χ2v) is 4.51. The topological polar surface area (TPSA) is 75.4 Å². The molecule has 0 aromatic heterocycles. The third-order valence-electron chi connectivity index (χ3n) is 2.46. The van der Waals surface area contributed by atoms with E-state index in [2.05, 4.69) is 12.0 Å². The third kappa shape index (κ3) is 1.22. The van der Waals surface area contributed by atoms with Gasteiger partial charge in [-0.05, 0) is 5.57 Å². The van der Waals surface area contributed by atoms with Crippen LogP contribution in [-0.4, -0.2) is 33.9 Å². The van der Waals surface area contributed by atoms with Crippen LogP contribution in [0.5, 0.6) is 0 Å². The highest BCUT2D eigenvalue weighted by molar-refractivity contribution is 8.00. The second-order valence-electron chi connectivity index (χ2n) is 3.34.